The highest BCUT2D eigenvalue weighted by molar-refractivity contribution is 9.10. The zero-order valence-corrected chi connectivity index (χ0v) is 20.4. The van der Waals surface area contributed by atoms with Crippen LogP contribution in [0.3, 0.4) is 0 Å². The number of nitriles is 1. The van der Waals surface area contributed by atoms with E-state index in [0.29, 0.717) is 21.2 Å². The van der Waals surface area contributed by atoms with Crippen LogP contribution in [0.2, 0.25) is 0 Å². The van der Waals surface area contributed by atoms with Crippen molar-refractivity contribution in [1.82, 2.24) is 4.98 Å². The molecular formula is C25H18BrN3OS2. The lowest BCUT2D eigenvalue weighted by molar-refractivity contribution is 0.102. The van der Waals surface area contributed by atoms with E-state index in [1.807, 2.05) is 67.6 Å². The minimum absolute atomic E-state index is 0.00713. The molecule has 0 atom stereocenters. The molecule has 158 valence electrons. The highest BCUT2D eigenvalue weighted by Gasteiger charge is 2.17. The highest BCUT2D eigenvalue weighted by Crippen LogP contribution is 2.33. The molecule has 0 amide bonds. The zero-order chi connectivity index (χ0) is 22.5. The second-order valence-electron chi connectivity index (χ2n) is 7.01. The third kappa shape index (κ3) is 5.28. The van der Waals surface area contributed by atoms with Gasteiger partial charge in [0.1, 0.15) is 16.6 Å². The third-order valence-corrected chi connectivity index (χ3v) is 7.25. The van der Waals surface area contributed by atoms with Gasteiger partial charge in [-0.3, -0.25) is 4.79 Å². The van der Waals surface area contributed by atoms with Crippen LogP contribution in [0.4, 0.5) is 5.69 Å². The maximum atomic E-state index is 12.8. The maximum absolute atomic E-state index is 12.8. The Morgan fingerprint density at radius 3 is 2.50 bits per heavy atom. The molecule has 0 spiro atoms. The Balaban J connectivity index is 1.68. The number of hydrogen-bond donors (Lipinski definition) is 1. The summed E-state index contributed by atoms with van der Waals surface area (Å²) < 4.78 is 1.94. The van der Waals surface area contributed by atoms with Crippen LogP contribution in [0.15, 0.2) is 82.3 Å². The first-order chi connectivity index (χ1) is 15.5. The number of carbonyl (C=O) groups excluding carboxylic acids is 1. The number of rotatable bonds is 7. The average molecular weight is 520 g/mol. The van der Waals surface area contributed by atoms with Crippen LogP contribution in [0.5, 0.6) is 0 Å². The molecule has 3 aromatic carbocycles. The van der Waals surface area contributed by atoms with Crippen molar-refractivity contribution in [3.63, 3.8) is 0 Å². The molecule has 0 saturated heterocycles. The molecule has 1 aromatic heterocycles. The number of thioether (sulfide) groups is 1. The van der Waals surface area contributed by atoms with Crippen molar-refractivity contribution in [2.45, 2.75) is 6.92 Å². The molecule has 1 N–H and O–H groups in total. The first kappa shape index (κ1) is 22.3. The minimum atomic E-state index is -0.00713. The monoisotopic (exact) mass is 519 g/mol. The van der Waals surface area contributed by atoms with Crippen molar-refractivity contribution in [3.8, 4) is 6.07 Å². The van der Waals surface area contributed by atoms with Crippen molar-refractivity contribution in [2.24, 2.45) is 0 Å². The number of Topliss-reactive ketones (excluding diaryl/α,β-unsaturated/α-hetero) is 1. The van der Waals surface area contributed by atoms with E-state index in [2.05, 4.69) is 32.3 Å². The SMILES string of the molecule is Cc1ccc(N/C(SCC(=O)c2ccc(Br)cc2)=C(\C#N)c2nc3ccccc3s2)cc1. The lowest BCUT2D eigenvalue weighted by Crippen LogP contribution is -2.06. The molecule has 0 fully saturated rings. The Morgan fingerprint density at radius 1 is 1.09 bits per heavy atom. The molecule has 4 rings (SSSR count). The Kier molecular flexibility index (Phi) is 7.05. The first-order valence-electron chi connectivity index (χ1n) is 9.79. The number of allylic oxidation sites excluding steroid dienone is 1. The van der Waals surface area contributed by atoms with Crippen molar-refractivity contribution < 1.29 is 4.79 Å². The fraction of sp³-hybridized carbons (Fsp3) is 0.0800. The molecule has 0 unspecified atom stereocenters. The summed E-state index contributed by atoms with van der Waals surface area (Å²) in [5.41, 5.74) is 3.91. The summed E-state index contributed by atoms with van der Waals surface area (Å²) >= 11 is 6.18. The number of hydrogen-bond acceptors (Lipinski definition) is 6. The molecule has 0 aliphatic heterocycles. The molecule has 32 heavy (non-hydrogen) atoms. The molecule has 7 heteroatoms. The number of nitrogens with one attached hydrogen (secondary N) is 1. The number of anilines is 1. The number of aromatic nitrogens is 1. The predicted molar refractivity (Wildman–Crippen MR) is 138 cm³/mol. The number of para-hydroxylation sites is 1. The van der Waals surface area contributed by atoms with Crippen molar-refractivity contribution in [1.29, 1.82) is 5.26 Å². The number of thiazole rings is 1. The second kappa shape index (κ2) is 10.1. The third-order valence-electron chi connectivity index (χ3n) is 4.67. The van der Waals surface area contributed by atoms with Gasteiger partial charge in [-0.1, -0.05) is 69.7 Å². The Hall–Kier alpha value is -2.92. The summed E-state index contributed by atoms with van der Waals surface area (Å²) in [4.78, 5) is 17.4. The van der Waals surface area contributed by atoms with E-state index >= 15 is 0 Å². The van der Waals surface area contributed by atoms with Gasteiger partial charge in [-0.15, -0.1) is 11.3 Å². The van der Waals surface area contributed by atoms with Gasteiger partial charge < -0.3 is 5.32 Å². The molecule has 0 radical (unpaired) electrons. The number of halogens is 1. The molecule has 0 aliphatic rings. The average Bonchev–Trinajstić information content (AvgIpc) is 3.23. The fourth-order valence-corrected chi connectivity index (χ4v) is 5.19. The smallest absolute Gasteiger partial charge is 0.173 e. The fourth-order valence-electron chi connectivity index (χ4n) is 2.97. The predicted octanol–water partition coefficient (Wildman–Crippen LogP) is 7.29. The largest absolute Gasteiger partial charge is 0.349 e. The van der Waals surface area contributed by atoms with Crippen LogP contribution in [-0.2, 0) is 0 Å². The molecule has 4 aromatic rings. The molecule has 4 nitrogen and oxygen atoms in total. The normalized spacial score (nSPS) is 11.7. The molecular weight excluding hydrogens is 502 g/mol. The highest BCUT2D eigenvalue weighted by atomic mass is 79.9. The lowest BCUT2D eigenvalue weighted by atomic mass is 10.2. The second-order valence-corrected chi connectivity index (χ2v) is 9.94. The van der Waals surface area contributed by atoms with Gasteiger partial charge in [0.15, 0.2) is 5.78 Å². The summed E-state index contributed by atoms with van der Waals surface area (Å²) in [6, 6.07) is 25.3. The van der Waals surface area contributed by atoms with Crippen LogP contribution >= 0.6 is 39.0 Å². The molecule has 0 saturated carbocycles. The Labute approximate surface area is 203 Å². The summed E-state index contributed by atoms with van der Waals surface area (Å²) in [6.45, 7) is 2.02. The van der Waals surface area contributed by atoms with E-state index < -0.39 is 0 Å². The van der Waals surface area contributed by atoms with Gasteiger partial charge in [0, 0.05) is 15.7 Å². The van der Waals surface area contributed by atoms with Crippen molar-refractivity contribution in [2.75, 3.05) is 11.1 Å². The quantitative estimate of drug-likeness (QED) is 0.205. The molecule has 1 heterocycles. The van der Waals surface area contributed by atoms with Crippen molar-refractivity contribution in [3.05, 3.63) is 98.4 Å². The summed E-state index contributed by atoms with van der Waals surface area (Å²) in [7, 11) is 0. The summed E-state index contributed by atoms with van der Waals surface area (Å²) in [5.74, 6) is 0.193. The number of nitrogens with zero attached hydrogens (tertiary/aromatic N) is 2. The van der Waals surface area contributed by atoms with E-state index in [1.54, 1.807) is 12.1 Å². The van der Waals surface area contributed by atoms with Gasteiger partial charge >= 0.3 is 0 Å². The first-order valence-corrected chi connectivity index (χ1v) is 12.4. The zero-order valence-electron chi connectivity index (χ0n) is 17.1. The van der Waals surface area contributed by atoms with E-state index in [-0.39, 0.29) is 11.5 Å². The molecule has 0 bridgehead atoms. The van der Waals surface area contributed by atoms with Gasteiger partial charge in [0.25, 0.3) is 0 Å². The van der Waals surface area contributed by atoms with Gasteiger partial charge in [-0.05, 0) is 43.3 Å². The van der Waals surface area contributed by atoms with Crippen LogP contribution in [0.25, 0.3) is 15.8 Å². The number of ketones is 1. The van der Waals surface area contributed by atoms with E-state index in [1.165, 1.54) is 23.1 Å². The number of aryl methyl sites for hydroxylation is 1. The van der Waals surface area contributed by atoms with Gasteiger partial charge in [-0.2, -0.15) is 5.26 Å². The van der Waals surface area contributed by atoms with Gasteiger partial charge in [-0.25, -0.2) is 4.98 Å². The Bertz CT molecular complexity index is 1300. The van der Waals surface area contributed by atoms with Crippen LogP contribution in [-0.4, -0.2) is 16.5 Å². The van der Waals surface area contributed by atoms with Crippen molar-refractivity contribution >= 4 is 66.3 Å². The topological polar surface area (TPSA) is 65.8 Å². The van der Waals surface area contributed by atoms with Gasteiger partial charge in [0.05, 0.1) is 21.0 Å². The number of benzene rings is 3. The van der Waals surface area contributed by atoms with Crippen LogP contribution in [0, 0.1) is 18.3 Å². The van der Waals surface area contributed by atoms with E-state index in [0.717, 1.165) is 25.9 Å². The lowest BCUT2D eigenvalue weighted by Gasteiger charge is -2.12. The van der Waals surface area contributed by atoms with E-state index in [4.69, 9.17) is 0 Å². The minimum Gasteiger partial charge on any atom is -0.349 e. The molecule has 0 aliphatic carbocycles. The number of carbonyl (C=O) groups is 1. The van der Waals surface area contributed by atoms with Crippen LogP contribution < -0.4 is 5.32 Å². The Morgan fingerprint density at radius 2 is 1.81 bits per heavy atom. The summed E-state index contributed by atoms with van der Waals surface area (Å²) in [6.07, 6.45) is 0. The van der Waals surface area contributed by atoms with Gasteiger partial charge in [0.2, 0.25) is 0 Å². The standard InChI is InChI=1S/C25H18BrN3OS2/c1-16-6-12-19(13-7-16)28-24(31-15-22(30)17-8-10-18(26)11-9-17)20(14-27)25-29-21-4-2-3-5-23(21)32-25/h2-13,28H,15H2,1H3/b24-20-. The number of fused-ring (bicyclic) bond motifs is 1. The van der Waals surface area contributed by atoms with Crippen LogP contribution in [0.1, 0.15) is 20.9 Å². The summed E-state index contributed by atoms with van der Waals surface area (Å²) in [5, 5.41) is 14.6. The maximum Gasteiger partial charge on any atom is 0.173 e. The van der Waals surface area contributed by atoms with E-state index in [9.17, 15) is 10.1 Å².